The van der Waals surface area contributed by atoms with Crippen molar-refractivity contribution in [2.75, 3.05) is 13.6 Å². The first kappa shape index (κ1) is 13.3. The molecule has 1 aromatic rings. The minimum absolute atomic E-state index is 0.269. The number of nitrogens with one attached hydrogen (secondary N) is 1. The number of carbonyl (C=O) groups is 2. The van der Waals surface area contributed by atoms with Gasteiger partial charge in [-0.25, -0.2) is 14.6 Å². The SMILES string of the molecule is CN(Cc1ncn[nH]1)C(=O)N1CCCC1(C)C(=O)O. The van der Waals surface area contributed by atoms with Crippen LogP contribution in [0.1, 0.15) is 25.6 Å². The van der Waals surface area contributed by atoms with Crippen LogP contribution in [0.5, 0.6) is 0 Å². The van der Waals surface area contributed by atoms with E-state index in [1.54, 1.807) is 14.0 Å². The number of carboxylic acid groups (broad SMARTS) is 1. The quantitative estimate of drug-likeness (QED) is 0.819. The predicted octanol–water partition coefficient (Wildman–Crippen LogP) is 0.296. The van der Waals surface area contributed by atoms with Crippen LogP contribution in [0.4, 0.5) is 4.79 Å². The second kappa shape index (κ2) is 4.87. The summed E-state index contributed by atoms with van der Waals surface area (Å²) in [6, 6.07) is -0.307. The summed E-state index contributed by atoms with van der Waals surface area (Å²) in [4.78, 5) is 30.4. The van der Waals surface area contributed by atoms with Gasteiger partial charge in [0.25, 0.3) is 0 Å². The summed E-state index contributed by atoms with van der Waals surface area (Å²) in [5.74, 6) is -0.404. The number of aromatic nitrogens is 3. The highest BCUT2D eigenvalue weighted by Crippen LogP contribution is 2.30. The van der Waals surface area contributed by atoms with Crippen molar-refractivity contribution in [1.82, 2.24) is 25.0 Å². The van der Waals surface area contributed by atoms with Crippen LogP contribution in [-0.2, 0) is 11.3 Å². The Bertz CT molecular complexity index is 475. The molecular weight excluding hydrogens is 250 g/mol. The van der Waals surface area contributed by atoms with Crippen LogP contribution < -0.4 is 0 Å². The lowest BCUT2D eigenvalue weighted by atomic mass is 10.00. The van der Waals surface area contributed by atoms with E-state index >= 15 is 0 Å². The number of aromatic amines is 1. The monoisotopic (exact) mass is 267 g/mol. The maximum absolute atomic E-state index is 12.3. The fourth-order valence-corrected chi connectivity index (χ4v) is 2.30. The highest BCUT2D eigenvalue weighted by molar-refractivity contribution is 5.86. The molecule has 2 heterocycles. The first-order chi connectivity index (χ1) is 8.95. The number of carbonyl (C=O) groups excluding carboxylic acids is 1. The number of hydrogen-bond acceptors (Lipinski definition) is 4. The van der Waals surface area contributed by atoms with E-state index in [4.69, 9.17) is 0 Å². The zero-order valence-corrected chi connectivity index (χ0v) is 11.0. The van der Waals surface area contributed by atoms with Crippen LogP contribution in [0, 0.1) is 0 Å². The molecule has 1 unspecified atom stereocenters. The highest BCUT2D eigenvalue weighted by atomic mass is 16.4. The van der Waals surface area contributed by atoms with Gasteiger partial charge in [0.15, 0.2) is 0 Å². The molecule has 1 fully saturated rings. The predicted molar refractivity (Wildman–Crippen MR) is 65.2 cm³/mol. The van der Waals surface area contributed by atoms with E-state index in [1.165, 1.54) is 16.1 Å². The Morgan fingerprint density at radius 3 is 2.95 bits per heavy atom. The van der Waals surface area contributed by atoms with Crippen molar-refractivity contribution in [1.29, 1.82) is 0 Å². The number of nitrogens with zero attached hydrogens (tertiary/aromatic N) is 4. The van der Waals surface area contributed by atoms with Crippen LogP contribution in [0.15, 0.2) is 6.33 Å². The molecule has 0 bridgehead atoms. The van der Waals surface area contributed by atoms with Crippen molar-refractivity contribution < 1.29 is 14.7 Å². The van der Waals surface area contributed by atoms with E-state index < -0.39 is 11.5 Å². The molecule has 2 amide bonds. The van der Waals surface area contributed by atoms with Crippen LogP contribution >= 0.6 is 0 Å². The first-order valence-electron chi connectivity index (χ1n) is 6.05. The van der Waals surface area contributed by atoms with Crippen molar-refractivity contribution in [3.63, 3.8) is 0 Å². The average Bonchev–Trinajstić information content (AvgIpc) is 2.98. The summed E-state index contributed by atoms with van der Waals surface area (Å²) in [7, 11) is 1.62. The van der Waals surface area contributed by atoms with Crippen LogP contribution in [0.2, 0.25) is 0 Å². The Balaban J connectivity index is 2.08. The van der Waals surface area contributed by atoms with Crippen molar-refractivity contribution in [3.8, 4) is 0 Å². The van der Waals surface area contributed by atoms with Crippen molar-refractivity contribution in [3.05, 3.63) is 12.2 Å². The molecule has 1 atom stereocenters. The molecule has 2 rings (SSSR count). The molecule has 104 valence electrons. The van der Waals surface area contributed by atoms with E-state index in [0.29, 0.717) is 25.2 Å². The molecule has 0 radical (unpaired) electrons. The van der Waals surface area contributed by atoms with E-state index in [-0.39, 0.29) is 12.6 Å². The number of carboxylic acids is 1. The van der Waals surface area contributed by atoms with Gasteiger partial charge >= 0.3 is 12.0 Å². The first-order valence-corrected chi connectivity index (χ1v) is 6.05. The third kappa shape index (κ3) is 2.38. The van der Waals surface area contributed by atoms with E-state index in [1.807, 2.05) is 0 Å². The van der Waals surface area contributed by atoms with Crippen LogP contribution in [0.25, 0.3) is 0 Å². The van der Waals surface area contributed by atoms with Gasteiger partial charge in [0.2, 0.25) is 0 Å². The standard InChI is InChI=1S/C11H17N5O3/c1-11(9(17)18)4-3-5-16(11)10(19)15(2)6-8-12-7-13-14-8/h7H,3-6H2,1-2H3,(H,17,18)(H,12,13,14). The Labute approximate surface area is 110 Å². The molecule has 1 aliphatic rings. The number of hydrogen-bond donors (Lipinski definition) is 2. The molecule has 8 nitrogen and oxygen atoms in total. The number of urea groups is 1. The van der Waals surface area contributed by atoms with Gasteiger partial charge in [-0.2, -0.15) is 5.10 Å². The lowest BCUT2D eigenvalue weighted by Crippen LogP contribution is -2.54. The van der Waals surface area contributed by atoms with E-state index in [9.17, 15) is 14.7 Å². The number of aliphatic carboxylic acids is 1. The fourth-order valence-electron chi connectivity index (χ4n) is 2.30. The van der Waals surface area contributed by atoms with Gasteiger partial charge in [0.1, 0.15) is 17.7 Å². The summed E-state index contributed by atoms with van der Waals surface area (Å²) in [5.41, 5.74) is -1.12. The van der Waals surface area contributed by atoms with Crippen molar-refractivity contribution in [2.45, 2.75) is 31.8 Å². The molecule has 1 saturated heterocycles. The Kier molecular flexibility index (Phi) is 3.41. The minimum Gasteiger partial charge on any atom is -0.480 e. The van der Waals surface area contributed by atoms with Gasteiger partial charge in [-0.15, -0.1) is 0 Å². The smallest absolute Gasteiger partial charge is 0.329 e. The summed E-state index contributed by atoms with van der Waals surface area (Å²) in [6.45, 7) is 2.32. The summed E-state index contributed by atoms with van der Waals surface area (Å²) in [6.07, 6.45) is 2.54. The van der Waals surface area contributed by atoms with Gasteiger partial charge in [-0.1, -0.05) is 0 Å². The topological polar surface area (TPSA) is 102 Å². The summed E-state index contributed by atoms with van der Waals surface area (Å²) >= 11 is 0. The highest BCUT2D eigenvalue weighted by Gasteiger charge is 2.46. The molecule has 0 aromatic carbocycles. The molecule has 8 heteroatoms. The molecule has 19 heavy (non-hydrogen) atoms. The largest absolute Gasteiger partial charge is 0.480 e. The molecule has 2 N–H and O–H groups in total. The molecule has 1 aliphatic heterocycles. The lowest BCUT2D eigenvalue weighted by molar-refractivity contribution is -0.147. The number of H-pyrrole nitrogens is 1. The van der Waals surface area contributed by atoms with Crippen molar-refractivity contribution >= 4 is 12.0 Å². The van der Waals surface area contributed by atoms with Gasteiger partial charge < -0.3 is 14.9 Å². The number of likely N-dealkylation sites (tertiary alicyclic amines) is 1. The van der Waals surface area contributed by atoms with E-state index in [0.717, 1.165) is 0 Å². The Morgan fingerprint density at radius 2 is 2.37 bits per heavy atom. The van der Waals surface area contributed by atoms with Crippen molar-refractivity contribution in [2.24, 2.45) is 0 Å². The minimum atomic E-state index is -1.12. The van der Waals surface area contributed by atoms with Crippen LogP contribution in [0.3, 0.4) is 0 Å². The normalized spacial score (nSPS) is 22.5. The molecule has 0 spiro atoms. The molecule has 0 saturated carbocycles. The maximum atomic E-state index is 12.3. The Morgan fingerprint density at radius 1 is 1.63 bits per heavy atom. The third-order valence-corrected chi connectivity index (χ3v) is 3.51. The zero-order valence-electron chi connectivity index (χ0n) is 11.0. The second-order valence-electron chi connectivity index (χ2n) is 4.91. The third-order valence-electron chi connectivity index (χ3n) is 3.51. The lowest BCUT2D eigenvalue weighted by Gasteiger charge is -2.34. The second-order valence-corrected chi connectivity index (χ2v) is 4.91. The number of rotatable bonds is 3. The van der Waals surface area contributed by atoms with Crippen LogP contribution in [-0.4, -0.2) is 61.2 Å². The fraction of sp³-hybridized carbons (Fsp3) is 0.636. The van der Waals surface area contributed by atoms with Gasteiger partial charge in [0, 0.05) is 13.6 Å². The molecule has 0 aliphatic carbocycles. The van der Waals surface area contributed by atoms with E-state index in [2.05, 4.69) is 15.2 Å². The summed E-state index contributed by atoms with van der Waals surface area (Å²) in [5, 5.41) is 15.7. The molecular formula is C11H17N5O3. The summed E-state index contributed by atoms with van der Waals surface area (Å²) < 4.78 is 0. The van der Waals surface area contributed by atoms with Gasteiger partial charge in [-0.3, -0.25) is 5.10 Å². The van der Waals surface area contributed by atoms with Gasteiger partial charge in [-0.05, 0) is 19.8 Å². The molecule has 1 aromatic heterocycles. The van der Waals surface area contributed by atoms with Gasteiger partial charge in [0.05, 0.1) is 6.54 Å². The number of amides is 2. The average molecular weight is 267 g/mol. The Hall–Kier alpha value is -2.12. The zero-order chi connectivity index (χ0) is 14.0. The maximum Gasteiger partial charge on any atom is 0.329 e.